The van der Waals surface area contributed by atoms with Crippen molar-refractivity contribution >= 4 is 11.8 Å². The zero-order chi connectivity index (χ0) is 12.1. The van der Waals surface area contributed by atoms with Gasteiger partial charge in [-0.15, -0.1) is 11.8 Å². The standard InChI is InChI=1S/C12H15N3OS/c1-13-8-7-11-14-12(16-15-11)9-3-5-10(17-2)6-4-9/h3-6,13H,7-8H2,1-2H3. The van der Waals surface area contributed by atoms with Crippen LogP contribution in [0.4, 0.5) is 0 Å². The number of benzene rings is 1. The van der Waals surface area contributed by atoms with Crippen LogP contribution in [0.25, 0.3) is 11.5 Å². The van der Waals surface area contributed by atoms with Gasteiger partial charge in [-0.25, -0.2) is 0 Å². The molecule has 1 aromatic heterocycles. The first-order valence-electron chi connectivity index (χ1n) is 5.45. The Balaban J connectivity index is 2.12. The number of nitrogens with one attached hydrogen (secondary N) is 1. The highest BCUT2D eigenvalue weighted by Gasteiger charge is 2.07. The van der Waals surface area contributed by atoms with Crippen LogP contribution >= 0.6 is 11.8 Å². The van der Waals surface area contributed by atoms with Crippen LogP contribution in [0.15, 0.2) is 33.7 Å². The van der Waals surface area contributed by atoms with Crippen molar-refractivity contribution in [2.45, 2.75) is 11.3 Å². The number of thioether (sulfide) groups is 1. The smallest absolute Gasteiger partial charge is 0.257 e. The molecule has 2 rings (SSSR count). The van der Waals surface area contributed by atoms with E-state index in [1.165, 1.54) is 4.90 Å². The monoisotopic (exact) mass is 249 g/mol. The Bertz CT molecular complexity index is 467. The molecule has 0 saturated carbocycles. The lowest BCUT2D eigenvalue weighted by Crippen LogP contribution is -2.10. The maximum Gasteiger partial charge on any atom is 0.257 e. The van der Waals surface area contributed by atoms with Gasteiger partial charge >= 0.3 is 0 Å². The Morgan fingerprint density at radius 3 is 2.71 bits per heavy atom. The molecule has 5 heteroatoms. The van der Waals surface area contributed by atoms with Gasteiger partial charge in [0.05, 0.1) is 0 Å². The fourth-order valence-electron chi connectivity index (χ4n) is 1.44. The fraction of sp³-hybridized carbons (Fsp3) is 0.333. The molecule has 90 valence electrons. The zero-order valence-corrected chi connectivity index (χ0v) is 10.8. The van der Waals surface area contributed by atoms with Crippen LogP contribution in [-0.2, 0) is 6.42 Å². The maximum atomic E-state index is 5.23. The van der Waals surface area contributed by atoms with Crippen molar-refractivity contribution in [1.82, 2.24) is 15.5 Å². The molecule has 0 spiro atoms. The first kappa shape index (κ1) is 12.1. The third kappa shape index (κ3) is 3.08. The minimum Gasteiger partial charge on any atom is -0.334 e. The van der Waals surface area contributed by atoms with Gasteiger partial charge in [0, 0.05) is 23.4 Å². The van der Waals surface area contributed by atoms with Gasteiger partial charge in [0.1, 0.15) is 0 Å². The summed E-state index contributed by atoms with van der Waals surface area (Å²) in [4.78, 5) is 5.57. The van der Waals surface area contributed by atoms with E-state index in [-0.39, 0.29) is 0 Å². The Morgan fingerprint density at radius 2 is 2.06 bits per heavy atom. The minimum atomic E-state index is 0.587. The van der Waals surface area contributed by atoms with Crippen LogP contribution in [0.1, 0.15) is 5.82 Å². The molecule has 0 atom stereocenters. The zero-order valence-electron chi connectivity index (χ0n) is 9.93. The average Bonchev–Trinajstić information content (AvgIpc) is 2.85. The first-order valence-corrected chi connectivity index (χ1v) is 6.67. The van der Waals surface area contributed by atoms with Gasteiger partial charge in [0.15, 0.2) is 5.82 Å². The molecule has 0 saturated heterocycles. The van der Waals surface area contributed by atoms with E-state index in [1.807, 2.05) is 19.2 Å². The molecule has 1 N–H and O–H groups in total. The highest BCUT2D eigenvalue weighted by Crippen LogP contribution is 2.21. The normalized spacial score (nSPS) is 10.7. The molecular weight excluding hydrogens is 234 g/mol. The second kappa shape index (κ2) is 5.84. The van der Waals surface area contributed by atoms with Crippen molar-refractivity contribution in [3.8, 4) is 11.5 Å². The summed E-state index contributed by atoms with van der Waals surface area (Å²) in [5.41, 5.74) is 0.964. The van der Waals surface area contributed by atoms with E-state index in [4.69, 9.17) is 4.52 Å². The molecule has 2 aromatic rings. The molecule has 0 amide bonds. The van der Waals surface area contributed by atoms with Gasteiger partial charge in [0.2, 0.25) is 0 Å². The Labute approximate surface area is 105 Å². The van der Waals surface area contributed by atoms with E-state index >= 15 is 0 Å². The van der Waals surface area contributed by atoms with Gasteiger partial charge in [-0.3, -0.25) is 0 Å². The summed E-state index contributed by atoms with van der Waals surface area (Å²) in [6, 6.07) is 8.11. The molecule has 1 heterocycles. The highest BCUT2D eigenvalue weighted by molar-refractivity contribution is 7.98. The quantitative estimate of drug-likeness (QED) is 0.823. The van der Waals surface area contributed by atoms with E-state index < -0.39 is 0 Å². The second-order valence-electron chi connectivity index (χ2n) is 3.60. The van der Waals surface area contributed by atoms with Gasteiger partial charge in [-0.2, -0.15) is 4.98 Å². The van der Waals surface area contributed by atoms with Gasteiger partial charge < -0.3 is 9.84 Å². The predicted octanol–water partition coefficient (Wildman–Crippen LogP) is 2.22. The third-order valence-corrected chi connectivity index (χ3v) is 3.15. The molecule has 0 aliphatic heterocycles. The third-order valence-electron chi connectivity index (χ3n) is 2.40. The molecule has 0 unspecified atom stereocenters. The summed E-state index contributed by atoms with van der Waals surface area (Å²) in [7, 11) is 1.90. The van der Waals surface area contributed by atoms with Crippen LogP contribution in [0.5, 0.6) is 0 Å². The van der Waals surface area contributed by atoms with Crippen LogP contribution in [0.2, 0.25) is 0 Å². The van der Waals surface area contributed by atoms with Crippen molar-refractivity contribution in [2.24, 2.45) is 0 Å². The molecule has 0 aliphatic carbocycles. The van der Waals surface area contributed by atoms with E-state index in [0.29, 0.717) is 5.89 Å². The summed E-state index contributed by atoms with van der Waals surface area (Å²) in [5, 5.41) is 7.00. The molecule has 0 aliphatic rings. The van der Waals surface area contributed by atoms with Crippen LogP contribution in [0.3, 0.4) is 0 Å². The van der Waals surface area contributed by atoms with E-state index in [2.05, 4.69) is 33.8 Å². The highest BCUT2D eigenvalue weighted by atomic mass is 32.2. The SMILES string of the molecule is CNCCc1noc(-c2ccc(SC)cc2)n1. The number of likely N-dealkylation sites (N-methyl/N-ethyl adjacent to an activating group) is 1. The van der Waals surface area contributed by atoms with Crippen LogP contribution in [0, 0.1) is 0 Å². The number of aromatic nitrogens is 2. The lowest BCUT2D eigenvalue weighted by Gasteiger charge is -1.96. The number of hydrogen-bond donors (Lipinski definition) is 1. The molecular formula is C12H15N3OS. The largest absolute Gasteiger partial charge is 0.334 e. The van der Waals surface area contributed by atoms with Gasteiger partial charge in [-0.1, -0.05) is 5.16 Å². The van der Waals surface area contributed by atoms with Crippen molar-refractivity contribution in [1.29, 1.82) is 0 Å². The lowest BCUT2D eigenvalue weighted by atomic mass is 10.2. The Kier molecular flexibility index (Phi) is 4.17. The summed E-state index contributed by atoms with van der Waals surface area (Å²) in [6.45, 7) is 0.852. The van der Waals surface area contributed by atoms with E-state index in [9.17, 15) is 0 Å². The fourth-order valence-corrected chi connectivity index (χ4v) is 1.85. The average molecular weight is 249 g/mol. The van der Waals surface area contributed by atoms with Crippen LogP contribution < -0.4 is 5.32 Å². The molecule has 17 heavy (non-hydrogen) atoms. The topological polar surface area (TPSA) is 51.0 Å². The molecule has 0 radical (unpaired) electrons. The van der Waals surface area contributed by atoms with E-state index in [1.54, 1.807) is 11.8 Å². The van der Waals surface area contributed by atoms with Crippen LogP contribution in [-0.4, -0.2) is 30.0 Å². The van der Waals surface area contributed by atoms with Crippen molar-refractivity contribution < 1.29 is 4.52 Å². The Hall–Kier alpha value is -1.33. The number of rotatable bonds is 5. The second-order valence-corrected chi connectivity index (χ2v) is 4.48. The minimum absolute atomic E-state index is 0.587. The van der Waals surface area contributed by atoms with Crippen molar-refractivity contribution in [3.63, 3.8) is 0 Å². The lowest BCUT2D eigenvalue weighted by molar-refractivity contribution is 0.422. The van der Waals surface area contributed by atoms with Crippen molar-refractivity contribution in [2.75, 3.05) is 19.8 Å². The maximum absolute atomic E-state index is 5.23. The summed E-state index contributed by atoms with van der Waals surface area (Å²) in [6.07, 6.45) is 2.83. The summed E-state index contributed by atoms with van der Waals surface area (Å²) < 4.78 is 5.23. The van der Waals surface area contributed by atoms with Crippen molar-refractivity contribution in [3.05, 3.63) is 30.1 Å². The summed E-state index contributed by atoms with van der Waals surface area (Å²) >= 11 is 1.71. The molecule has 0 fully saturated rings. The summed E-state index contributed by atoms with van der Waals surface area (Å²) in [5.74, 6) is 1.33. The Morgan fingerprint density at radius 1 is 1.29 bits per heavy atom. The molecule has 4 nitrogen and oxygen atoms in total. The van der Waals surface area contributed by atoms with E-state index in [0.717, 1.165) is 24.4 Å². The number of hydrogen-bond acceptors (Lipinski definition) is 5. The van der Waals surface area contributed by atoms with Gasteiger partial charge in [0.25, 0.3) is 5.89 Å². The number of nitrogens with zero attached hydrogens (tertiary/aromatic N) is 2. The molecule has 0 bridgehead atoms. The first-order chi connectivity index (χ1) is 8.33. The predicted molar refractivity (Wildman–Crippen MR) is 69.1 cm³/mol. The molecule has 1 aromatic carbocycles. The van der Waals surface area contributed by atoms with Gasteiger partial charge in [-0.05, 0) is 37.6 Å².